The summed E-state index contributed by atoms with van der Waals surface area (Å²) in [4.78, 5) is 28.4. The zero-order chi connectivity index (χ0) is 13.8. The molecule has 0 aromatic carbocycles. The number of hydrogen-bond acceptors (Lipinski definition) is 3. The largest absolute Gasteiger partial charge is 0.451 e. The van der Waals surface area contributed by atoms with Crippen molar-refractivity contribution < 1.29 is 14.3 Å². The molecule has 5 nitrogen and oxygen atoms in total. The smallest absolute Gasteiger partial charge is 0.355 e. The van der Waals surface area contributed by atoms with Gasteiger partial charge in [-0.1, -0.05) is 0 Å². The second kappa shape index (κ2) is 5.91. The molecule has 1 aromatic rings. The van der Waals surface area contributed by atoms with Crippen LogP contribution in [0, 0.1) is 0 Å². The standard InChI is InChI=1S/C14H20N2O3/c1-10-5-3-6-11(2)16(10)13(17)9-19-14(18)12-7-4-8-15-12/h4,7-8,10-11,15H,3,5-6,9H2,1-2H3/t10-,11-/m1/s1. The lowest BCUT2D eigenvalue weighted by Crippen LogP contribution is -2.49. The number of carbonyl (C=O) groups is 2. The van der Waals surface area contributed by atoms with Crippen LogP contribution in [-0.4, -0.2) is 40.5 Å². The van der Waals surface area contributed by atoms with Gasteiger partial charge in [0.15, 0.2) is 6.61 Å². The van der Waals surface area contributed by atoms with E-state index in [1.54, 1.807) is 18.3 Å². The lowest BCUT2D eigenvalue weighted by atomic mass is 9.97. The number of piperidine rings is 1. The minimum atomic E-state index is -0.490. The molecule has 0 radical (unpaired) electrons. The van der Waals surface area contributed by atoms with Gasteiger partial charge in [-0.3, -0.25) is 4.79 Å². The summed E-state index contributed by atoms with van der Waals surface area (Å²) in [5.74, 6) is -0.602. The number of aromatic nitrogens is 1. The number of ether oxygens (including phenoxy) is 1. The van der Waals surface area contributed by atoms with Gasteiger partial charge < -0.3 is 14.6 Å². The maximum Gasteiger partial charge on any atom is 0.355 e. The van der Waals surface area contributed by atoms with E-state index in [2.05, 4.69) is 4.98 Å². The molecule has 1 amide bonds. The first kappa shape index (κ1) is 13.6. The molecule has 0 spiro atoms. The highest BCUT2D eigenvalue weighted by atomic mass is 16.5. The van der Waals surface area contributed by atoms with Gasteiger partial charge in [-0.2, -0.15) is 0 Å². The Bertz CT molecular complexity index is 432. The molecule has 1 aliphatic heterocycles. The predicted octanol–water partition coefficient (Wildman–Crippen LogP) is 1.96. The van der Waals surface area contributed by atoms with Gasteiger partial charge in [-0.05, 0) is 45.2 Å². The van der Waals surface area contributed by atoms with Crippen molar-refractivity contribution in [3.05, 3.63) is 24.0 Å². The van der Waals surface area contributed by atoms with Gasteiger partial charge in [-0.15, -0.1) is 0 Å². The number of nitrogens with zero attached hydrogens (tertiary/aromatic N) is 1. The number of rotatable bonds is 3. The van der Waals surface area contributed by atoms with Gasteiger partial charge in [0.05, 0.1) is 0 Å². The summed E-state index contributed by atoms with van der Waals surface area (Å²) in [7, 11) is 0. The van der Waals surface area contributed by atoms with Gasteiger partial charge in [0.25, 0.3) is 5.91 Å². The monoisotopic (exact) mass is 264 g/mol. The third kappa shape index (κ3) is 3.16. The van der Waals surface area contributed by atoms with Crippen LogP contribution in [0.1, 0.15) is 43.6 Å². The number of nitrogens with one attached hydrogen (secondary N) is 1. The van der Waals surface area contributed by atoms with E-state index in [4.69, 9.17) is 4.74 Å². The first-order chi connectivity index (χ1) is 9.09. The van der Waals surface area contributed by atoms with Crippen molar-refractivity contribution in [2.45, 2.75) is 45.2 Å². The molecule has 1 aromatic heterocycles. The number of H-pyrrole nitrogens is 1. The molecule has 0 aliphatic carbocycles. The normalized spacial score (nSPS) is 23.2. The van der Waals surface area contributed by atoms with Crippen molar-refractivity contribution in [2.24, 2.45) is 0 Å². The molecule has 1 aliphatic rings. The molecule has 2 atom stereocenters. The first-order valence-corrected chi connectivity index (χ1v) is 6.71. The van der Waals surface area contributed by atoms with Crippen LogP contribution in [0.3, 0.4) is 0 Å². The Morgan fingerprint density at radius 2 is 2.05 bits per heavy atom. The molecule has 104 valence electrons. The van der Waals surface area contributed by atoms with Crippen molar-refractivity contribution in [1.29, 1.82) is 0 Å². The average molecular weight is 264 g/mol. The maximum absolute atomic E-state index is 12.1. The molecule has 0 bridgehead atoms. The van der Waals surface area contributed by atoms with Crippen molar-refractivity contribution >= 4 is 11.9 Å². The maximum atomic E-state index is 12.1. The van der Waals surface area contributed by atoms with Gasteiger partial charge >= 0.3 is 5.97 Å². The highest BCUT2D eigenvalue weighted by molar-refractivity contribution is 5.89. The zero-order valence-electron chi connectivity index (χ0n) is 11.4. The summed E-state index contributed by atoms with van der Waals surface area (Å²) in [6.45, 7) is 3.90. The Hall–Kier alpha value is -1.78. The Labute approximate surface area is 112 Å². The Kier molecular flexibility index (Phi) is 4.24. The minimum Gasteiger partial charge on any atom is -0.451 e. The van der Waals surface area contributed by atoms with E-state index >= 15 is 0 Å². The molecule has 2 heterocycles. The van der Waals surface area contributed by atoms with Crippen molar-refractivity contribution in [1.82, 2.24) is 9.88 Å². The molecule has 0 unspecified atom stereocenters. The van der Waals surface area contributed by atoms with Gasteiger partial charge in [0.2, 0.25) is 0 Å². The number of amides is 1. The van der Waals surface area contributed by atoms with Crippen molar-refractivity contribution in [2.75, 3.05) is 6.61 Å². The highest BCUT2D eigenvalue weighted by Gasteiger charge is 2.29. The summed E-state index contributed by atoms with van der Waals surface area (Å²) >= 11 is 0. The number of hydrogen-bond donors (Lipinski definition) is 1. The summed E-state index contributed by atoms with van der Waals surface area (Å²) in [5, 5.41) is 0. The van der Waals surface area contributed by atoms with Crippen LogP contribution in [-0.2, 0) is 9.53 Å². The fourth-order valence-corrected chi connectivity index (χ4v) is 2.65. The Morgan fingerprint density at radius 1 is 1.37 bits per heavy atom. The third-order valence-corrected chi connectivity index (χ3v) is 3.63. The second-order valence-corrected chi connectivity index (χ2v) is 5.09. The SMILES string of the molecule is C[C@@H]1CCC[C@@H](C)N1C(=O)COC(=O)c1ccc[nH]1. The minimum absolute atomic E-state index is 0.111. The number of likely N-dealkylation sites (tertiary alicyclic amines) is 1. The van der Waals surface area contributed by atoms with E-state index < -0.39 is 5.97 Å². The number of esters is 1. The van der Waals surface area contributed by atoms with Crippen LogP contribution in [0.25, 0.3) is 0 Å². The first-order valence-electron chi connectivity index (χ1n) is 6.71. The Balaban J connectivity index is 1.88. The molecular formula is C14H20N2O3. The summed E-state index contributed by atoms with van der Waals surface area (Å²) < 4.78 is 5.04. The van der Waals surface area contributed by atoms with E-state index in [9.17, 15) is 9.59 Å². The third-order valence-electron chi connectivity index (χ3n) is 3.63. The number of aromatic amines is 1. The highest BCUT2D eigenvalue weighted by Crippen LogP contribution is 2.22. The number of carbonyl (C=O) groups excluding carboxylic acids is 2. The van der Waals surface area contributed by atoms with E-state index in [0.717, 1.165) is 19.3 Å². The van der Waals surface area contributed by atoms with Gasteiger partial charge in [0, 0.05) is 18.3 Å². The summed E-state index contributed by atoms with van der Waals surface area (Å²) in [6, 6.07) is 3.78. The van der Waals surface area contributed by atoms with E-state index in [1.807, 2.05) is 18.7 Å². The molecule has 5 heteroatoms. The van der Waals surface area contributed by atoms with Crippen LogP contribution >= 0.6 is 0 Å². The molecular weight excluding hydrogens is 244 g/mol. The van der Waals surface area contributed by atoms with Crippen LogP contribution in [0.4, 0.5) is 0 Å². The molecule has 1 fully saturated rings. The molecule has 2 rings (SSSR count). The topological polar surface area (TPSA) is 62.4 Å². The average Bonchev–Trinajstić information content (AvgIpc) is 2.89. The van der Waals surface area contributed by atoms with Gasteiger partial charge in [0.1, 0.15) is 5.69 Å². The van der Waals surface area contributed by atoms with Crippen LogP contribution in [0.2, 0.25) is 0 Å². The summed E-state index contributed by atoms with van der Waals surface area (Å²) in [5.41, 5.74) is 0.368. The predicted molar refractivity (Wildman–Crippen MR) is 70.7 cm³/mol. The van der Waals surface area contributed by atoms with Crippen LogP contribution in [0.15, 0.2) is 18.3 Å². The van der Waals surface area contributed by atoms with Gasteiger partial charge in [-0.25, -0.2) is 4.79 Å². The van der Waals surface area contributed by atoms with Crippen LogP contribution < -0.4 is 0 Å². The molecule has 1 saturated heterocycles. The van der Waals surface area contributed by atoms with E-state index in [-0.39, 0.29) is 24.6 Å². The molecule has 0 saturated carbocycles. The molecule has 19 heavy (non-hydrogen) atoms. The fraction of sp³-hybridized carbons (Fsp3) is 0.571. The lowest BCUT2D eigenvalue weighted by Gasteiger charge is -2.38. The fourth-order valence-electron chi connectivity index (χ4n) is 2.65. The van der Waals surface area contributed by atoms with Crippen LogP contribution in [0.5, 0.6) is 0 Å². The zero-order valence-corrected chi connectivity index (χ0v) is 11.4. The molecule has 1 N–H and O–H groups in total. The second-order valence-electron chi connectivity index (χ2n) is 5.09. The van der Waals surface area contributed by atoms with Crippen molar-refractivity contribution in [3.8, 4) is 0 Å². The van der Waals surface area contributed by atoms with Crippen molar-refractivity contribution in [3.63, 3.8) is 0 Å². The van der Waals surface area contributed by atoms with E-state index in [0.29, 0.717) is 5.69 Å². The quantitative estimate of drug-likeness (QED) is 0.849. The summed E-state index contributed by atoms with van der Waals surface area (Å²) in [6.07, 6.45) is 4.82. The lowest BCUT2D eigenvalue weighted by molar-refractivity contribution is -0.140. The Morgan fingerprint density at radius 3 is 2.63 bits per heavy atom. The van der Waals surface area contributed by atoms with E-state index in [1.165, 1.54) is 0 Å².